The van der Waals surface area contributed by atoms with Gasteiger partial charge in [0.1, 0.15) is 5.82 Å². The summed E-state index contributed by atoms with van der Waals surface area (Å²) >= 11 is 1.59. The van der Waals surface area contributed by atoms with Crippen molar-refractivity contribution >= 4 is 11.8 Å². The number of hydrogen-bond donors (Lipinski definition) is 0. The van der Waals surface area contributed by atoms with Crippen molar-refractivity contribution in [2.24, 2.45) is 0 Å². The van der Waals surface area contributed by atoms with Crippen molar-refractivity contribution in [1.82, 2.24) is 19.9 Å². The van der Waals surface area contributed by atoms with Gasteiger partial charge in [-0.1, -0.05) is 65.4 Å². The summed E-state index contributed by atoms with van der Waals surface area (Å²) in [5.74, 6) is 3.06. The highest BCUT2D eigenvalue weighted by Gasteiger charge is 2.30. The molecule has 2 aromatic heterocycles. The predicted molar refractivity (Wildman–Crippen MR) is 105 cm³/mol. The minimum Gasteiger partial charge on any atom is -0.356 e. The van der Waals surface area contributed by atoms with E-state index in [0.717, 1.165) is 33.7 Å². The molecule has 0 bridgehead atoms. The van der Waals surface area contributed by atoms with Crippen molar-refractivity contribution in [1.29, 1.82) is 0 Å². The lowest BCUT2D eigenvalue weighted by atomic mass is 10.2. The Morgan fingerprint density at radius 3 is 2.48 bits per heavy atom. The standard InChI is InChI=1S/C21H18N4OS/c1-3-7-15(8-4-1)19-13-17(24-26-19)14-27-21-22-20(16-11-12-16)25(23-21)18-9-5-2-6-10-18/h1-10,13,16H,11-12,14H2. The number of rotatable bonds is 6. The van der Waals surface area contributed by atoms with Crippen LogP contribution in [0.4, 0.5) is 0 Å². The Kier molecular flexibility index (Phi) is 4.26. The van der Waals surface area contributed by atoms with Crippen LogP contribution in [0, 0.1) is 0 Å². The van der Waals surface area contributed by atoms with Crippen molar-refractivity contribution < 1.29 is 4.52 Å². The van der Waals surface area contributed by atoms with Crippen molar-refractivity contribution in [3.05, 3.63) is 78.2 Å². The normalized spacial score (nSPS) is 13.8. The average Bonchev–Trinajstić information content (AvgIpc) is 3.31. The number of nitrogens with zero attached hydrogens (tertiary/aromatic N) is 4. The molecule has 1 aliphatic carbocycles. The van der Waals surface area contributed by atoms with Gasteiger partial charge in [0.15, 0.2) is 5.76 Å². The minimum absolute atomic E-state index is 0.531. The first-order valence-corrected chi connectivity index (χ1v) is 10.0. The van der Waals surface area contributed by atoms with Crippen molar-refractivity contribution in [3.8, 4) is 17.0 Å². The van der Waals surface area contributed by atoms with Gasteiger partial charge in [0.25, 0.3) is 0 Å². The van der Waals surface area contributed by atoms with E-state index in [1.807, 2.05) is 59.3 Å². The van der Waals surface area contributed by atoms with Gasteiger partial charge in [-0.05, 0) is 25.0 Å². The number of thioether (sulfide) groups is 1. The van der Waals surface area contributed by atoms with Gasteiger partial charge in [-0.3, -0.25) is 0 Å². The zero-order valence-electron chi connectivity index (χ0n) is 14.7. The van der Waals surface area contributed by atoms with Crippen LogP contribution in [0.25, 0.3) is 17.0 Å². The highest BCUT2D eigenvalue weighted by molar-refractivity contribution is 7.98. The molecule has 2 aromatic carbocycles. The molecule has 27 heavy (non-hydrogen) atoms. The van der Waals surface area contributed by atoms with Crippen molar-refractivity contribution in [3.63, 3.8) is 0 Å². The fourth-order valence-corrected chi connectivity index (χ4v) is 3.70. The van der Waals surface area contributed by atoms with E-state index in [2.05, 4.69) is 17.3 Å². The summed E-state index contributed by atoms with van der Waals surface area (Å²) in [7, 11) is 0. The van der Waals surface area contributed by atoms with E-state index in [1.54, 1.807) is 11.8 Å². The van der Waals surface area contributed by atoms with Crippen LogP contribution in [0.5, 0.6) is 0 Å². The molecule has 0 atom stereocenters. The summed E-state index contributed by atoms with van der Waals surface area (Å²) in [6.07, 6.45) is 2.39. The van der Waals surface area contributed by atoms with Crippen LogP contribution in [0.15, 0.2) is 76.4 Å². The number of hydrogen-bond acceptors (Lipinski definition) is 5. The van der Waals surface area contributed by atoms with E-state index in [1.165, 1.54) is 12.8 Å². The highest BCUT2D eigenvalue weighted by Crippen LogP contribution is 2.40. The van der Waals surface area contributed by atoms with Crippen LogP contribution < -0.4 is 0 Å². The molecule has 0 radical (unpaired) electrons. The van der Waals surface area contributed by atoms with E-state index >= 15 is 0 Å². The monoisotopic (exact) mass is 374 g/mol. The topological polar surface area (TPSA) is 56.7 Å². The lowest BCUT2D eigenvalue weighted by molar-refractivity contribution is 0.426. The zero-order chi connectivity index (χ0) is 18.1. The van der Waals surface area contributed by atoms with E-state index in [4.69, 9.17) is 14.6 Å². The Labute approximate surface area is 161 Å². The summed E-state index contributed by atoms with van der Waals surface area (Å²) in [6, 6.07) is 22.2. The second-order valence-corrected chi connectivity index (χ2v) is 7.55. The van der Waals surface area contributed by atoms with Crippen molar-refractivity contribution in [2.75, 3.05) is 0 Å². The third kappa shape index (κ3) is 3.53. The van der Waals surface area contributed by atoms with Gasteiger partial charge in [0.05, 0.1) is 11.4 Å². The Bertz CT molecular complexity index is 1040. The maximum Gasteiger partial charge on any atom is 0.209 e. The van der Waals surface area contributed by atoms with Crippen LogP contribution in [0.3, 0.4) is 0 Å². The fourth-order valence-electron chi connectivity index (χ4n) is 2.99. The summed E-state index contributed by atoms with van der Waals surface area (Å²) in [5.41, 5.74) is 2.98. The quantitative estimate of drug-likeness (QED) is 0.440. The van der Waals surface area contributed by atoms with Crippen LogP contribution in [-0.2, 0) is 5.75 Å². The largest absolute Gasteiger partial charge is 0.356 e. The van der Waals surface area contributed by atoms with Crippen LogP contribution in [0.2, 0.25) is 0 Å². The van der Waals surface area contributed by atoms with Crippen LogP contribution in [0.1, 0.15) is 30.3 Å². The van der Waals surface area contributed by atoms with Gasteiger partial charge in [-0.15, -0.1) is 5.10 Å². The first-order valence-electron chi connectivity index (χ1n) is 9.03. The lowest BCUT2D eigenvalue weighted by Gasteiger charge is -2.03. The fraction of sp³-hybridized carbons (Fsp3) is 0.190. The van der Waals surface area contributed by atoms with E-state index in [9.17, 15) is 0 Å². The smallest absolute Gasteiger partial charge is 0.209 e. The minimum atomic E-state index is 0.531. The van der Waals surface area contributed by atoms with Gasteiger partial charge in [0.2, 0.25) is 5.16 Å². The summed E-state index contributed by atoms with van der Waals surface area (Å²) in [6.45, 7) is 0. The molecule has 0 N–H and O–H groups in total. The predicted octanol–water partition coefficient (Wildman–Crippen LogP) is 5.09. The first kappa shape index (κ1) is 16.3. The third-order valence-electron chi connectivity index (χ3n) is 4.52. The molecule has 6 heteroatoms. The number of aromatic nitrogens is 4. The molecule has 4 aromatic rings. The Balaban J connectivity index is 1.34. The van der Waals surface area contributed by atoms with Crippen molar-refractivity contribution in [2.45, 2.75) is 29.7 Å². The molecule has 0 amide bonds. The van der Waals surface area contributed by atoms with E-state index < -0.39 is 0 Å². The molecule has 1 aliphatic rings. The second kappa shape index (κ2) is 7.04. The summed E-state index contributed by atoms with van der Waals surface area (Å²) in [5, 5.41) is 9.70. The second-order valence-electron chi connectivity index (χ2n) is 6.61. The molecule has 0 unspecified atom stereocenters. The van der Waals surface area contributed by atoms with Crippen LogP contribution in [-0.4, -0.2) is 19.9 Å². The molecular weight excluding hydrogens is 356 g/mol. The van der Waals surface area contributed by atoms with Gasteiger partial charge in [-0.25, -0.2) is 9.67 Å². The Morgan fingerprint density at radius 2 is 1.74 bits per heavy atom. The molecule has 0 aliphatic heterocycles. The Hall–Kier alpha value is -2.86. The van der Waals surface area contributed by atoms with Gasteiger partial charge >= 0.3 is 0 Å². The van der Waals surface area contributed by atoms with Crippen LogP contribution >= 0.6 is 11.8 Å². The molecular formula is C21H18N4OS. The molecule has 134 valence electrons. The van der Waals surface area contributed by atoms with Gasteiger partial charge in [0, 0.05) is 23.3 Å². The zero-order valence-corrected chi connectivity index (χ0v) is 15.5. The third-order valence-corrected chi connectivity index (χ3v) is 5.39. The molecule has 1 fully saturated rings. The van der Waals surface area contributed by atoms with E-state index in [0.29, 0.717) is 11.7 Å². The summed E-state index contributed by atoms with van der Waals surface area (Å²) < 4.78 is 7.46. The molecule has 1 saturated carbocycles. The maximum absolute atomic E-state index is 5.48. The Morgan fingerprint density at radius 1 is 1.00 bits per heavy atom. The SMILES string of the molecule is c1ccc(-c2cc(CSc3nc(C4CC4)n(-c4ccccc4)n3)no2)cc1. The number of benzene rings is 2. The average molecular weight is 374 g/mol. The molecule has 5 rings (SSSR count). The first-order chi connectivity index (χ1) is 13.4. The van der Waals surface area contributed by atoms with Gasteiger partial charge in [-0.2, -0.15) is 0 Å². The molecule has 0 saturated heterocycles. The molecule has 0 spiro atoms. The molecule has 5 nitrogen and oxygen atoms in total. The lowest BCUT2D eigenvalue weighted by Crippen LogP contribution is -2.01. The molecule has 2 heterocycles. The highest BCUT2D eigenvalue weighted by atomic mass is 32.2. The maximum atomic E-state index is 5.48. The van der Waals surface area contributed by atoms with Gasteiger partial charge < -0.3 is 4.52 Å². The van der Waals surface area contributed by atoms with E-state index in [-0.39, 0.29) is 0 Å². The summed E-state index contributed by atoms with van der Waals surface area (Å²) in [4.78, 5) is 4.79. The number of para-hydroxylation sites is 1.